The molecule has 4 heteroatoms. The van der Waals surface area contributed by atoms with E-state index in [1.165, 1.54) is 11.6 Å². The molecule has 0 aliphatic heterocycles. The summed E-state index contributed by atoms with van der Waals surface area (Å²) in [5, 5.41) is 3.46. The molecule has 0 saturated carbocycles. The van der Waals surface area contributed by atoms with Crippen LogP contribution in [0.4, 0.5) is 4.39 Å². The second-order valence-electron chi connectivity index (χ2n) is 4.76. The van der Waals surface area contributed by atoms with Crippen molar-refractivity contribution in [2.45, 2.75) is 25.8 Å². The lowest BCUT2D eigenvalue weighted by molar-refractivity contribution is 0.518. The molecule has 2 aromatic rings. The van der Waals surface area contributed by atoms with Crippen LogP contribution in [0.3, 0.4) is 0 Å². The summed E-state index contributed by atoms with van der Waals surface area (Å²) >= 11 is 3.49. The van der Waals surface area contributed by atoms with Crippen LogP contribution >= 0.6 is 15.9 Å². The molecule has 0 amide bonds. The third-order valence-corrected chi connectivity index (χ3v) is 3.95. The smallest absolute Gasteiger partial charge is 0.123 e. The molecular formula is C16H18BrFN2. The topological polar surface area (TPSA) is 24.9 Å². The van der Waals surface area contributed by atoms with Crippen LogP contribution in [0.2, 0.25) is 0 Å². The number of aromatic nitrogens is 1. The maximum Gasteiger partial charge on any atom is 0.123 e. The molecule has 106 valence electrons. The molecule has 2 rings (SSSR count). The number of benzene rings is 1. The highest BCUT2D eigenvalue weighted by Crippen LogP contribution is 2.20. The molecule has 1 aromatic carbocycles. The van der Waals surface area contributed by atoms with Crippen LogP contribution in [-0.4, -0.2) is 17.6 Å². The summed E-state index contributed by atoms with van der Waals surface area (Å²) in [5.41, 5.74) is 2.17. The highest BCUT2D eigenvalue weighted by Gasteiger charge is 2.12. The van der Waals surface area contributed by atoms with Crippen LogP contribution in [-0.2, 0) is 12.8 Å². The Bertz CT molecular complexity index is 545. The summed E-state index contributed by atoms with van der Waals surface area (Å²) in [6.07, 6.45) is 5.31. The van der Waals surface area contributed by atoms with Crippen LogP contribution in [0.25, 0.3) is 0 Å². The van der Waals surface area contributed by atoms with Crippen molar-refractivity contribution in [3.05, 3.63) is 64.1 Å². The predicted octanol–water partition coefficient (Wildman–Crippen LogP) is 3.75. The van der Waals surface area contributed by atoms with Gasteiger partial charge in [-0.2, -0.15) is 0 Å². The van der Waals surface area contributed by atoms with E-state index in [9.17, 15) is 4.39 Å². The number of nitrogens with one attached hydrogen (secondary N) is 1. The molecule has 1 N–H and O–H groups in total. The first-order valence-electron chi connectivity index (χ1n) is 6.75. The van der Waals surface area contributed by atoms with Crippen LogP contribution in [0.5, 0.6) is 0 Å². The van der Waals surface area contributed by atoms with Crippen molar-refractivity contribution in [1.82, 2.24) is 10.3 Å². The summed E-state index contributed by atoms with van der Waals surface area (Å²) < 4.78 is 14.3. The molecule has 0 aliphatic carbocycles. The fourth-order valence-electron chi connectivity index (χ4n) is 2.27. The Balaban J connectivity index is 2.11. The van der Waals surface area contributed by atoms with Crippen molar-refractivity contribution in [3.8, 4) is 0 Å². The van der Waals surface area contributed by atoms with Crippen LogP contribution in [0.1, 0.15) is 18.1 Å². The minimum absolute atomic E-state index is 0.195. The van der Waals surface area contributed by atoms with E-state index in [1.54, 1.807) is 18.3 Å². The van der Waals surface area contributed by atoms with Gasteiger partial charge in [0.25, 0.3) is 0 Å². The van der Waals surface area contributed by atoms with Crippen molar-refractivity contribution in [3.63, 3.8) is 0 Å². The summed E-state index contributed by atoms with van der Waals surface area (Å²) in [4.78, 5) is 4.14. The molecule has 0 aliphatic rings. The first-order chi connectivity index (χ1) is 9.69. The van der Waals surface area contributed by atoms with Gasteiger partial charge in [-0.25, -0.2) is 4.39 Å². The minimum Gasteiger partial charge on any atom is -0.314 e. The van der Waals surface area contributed by atoms with Gasteiger partial charge in [-0.15, -0.1) is 0 Å². The average molecular weight is 337 g/mol. The van der Waals surface area contributed by atoms with E-state index >= 15 is 0 Å². The van der Waals surface area contributed by atoms with Gasteiger partial charge in [0.1, 0.15) is 5.82 Å². The first-order valence-corrected chi connectivity index (χ1v) is 7.54. The Hall–Kier alpha value is -1.26. The zero-order chi connectivity index (χ0) is 14.4. The number of hydrogen-bond donors (Lipinski definition) is 1. The van der Waals surface area contributed by atoms with E-state index < -0.39 is 0 Å². The van der Waals surface area contributed by atoms with Gasteiger partial charge in [-0.1, -0.05) is 28.9 Å². The maximum atomic E-state index is 13.4. The Morgan fingerprint density at radius 2 is 2.15 bits per heavy atom. The zero-order valence-electron chi connectivity index (χ0n) is 11.4. The molecule has 20 heavy (non-hydrogen) atoms. The number of rotatable bonds is 6. The standard InChI is InChI=1S/C16H18BrFN2/c1-2-20-15(8-12-4-3-7-19-11-12)10-13-9-14(18)5-6-16(13)17/h3-7,9,11,15,20H,2,8,10H2,1H3. The average Bonchev–Trinajstić information content (AvgIpc) is 2.44. The van der Waals surface area contributed by atoms with Gasteiger partial charge < -0.3 is 5.32 Å². The molecule has 1 atom stereocenters. The lowest BCUT2D eigenvalue weighted by Gasteiger charge is -2.18. The Labute approximate surface area is 127 Å². The fourth-order valence-corrected chi connectivity index (χ4v) is 2.68. The summed E-state index contributed by atoms with van der Waals surface area (Å²) in [6, 6.07) is 9.10. The quantitative estimate of drug-likeness (QED) is 0.868. The lowest BCUT2D eigenvalue weighted by Crippen LogP contribution is -2.33. The summed E-state index contributed by atoms with van der Waals surface area (Å²) in [7, 11) is 0. The molecule has 1 unspecified atom stereocenters. The van der Waals surface area contributed by atoms with Crippen molar-refractivity contribution >= 4 is 15.9 Å². The van der Waals surface area contributed by atoms with Crippen molar-refractivity contribution < 1.29 is 4.39 Å². The molecule has 2 nitrogen and oxygen atoms in total. The highest BCUT2D eigenvalue weighted by atomic mass is 79.9. The van der Waals surface area contributed by atoms with E-state index in [0.29, 0.717) is 0 Å². The lowest BCUT2D eigenvalue weighted by atomic mass is 10.00. The number of hydrogen-bond acceptors (Lipinski definition) is 2. The number of nitrogens with zero attached hydrogens (tertiary/aromatic N) is 1. The van der Waals surface area contributed by atoms with Crippen molar-refractivity contribution in [1.29, 1.82) is 0 Å². The molecule has 0 spiro atoms. The third kappa shape index (κ3) is 4.39. The minimum atomic E-state index is -0.195. The first kappa shape index (κ1) is 15.1. The van der Waals surface area contributed by atoms with E-state index in [0.717, 1.165) is 29.4 Å². The number of pyridine rings is 1. The largest absolute Gasteiger partial charge is 0.314 e. The van der Waals surface area contributed by atoms with Crippen LogP contribution in [0.15, 0.2) is 47.2 Å². The molecular weight excluding hydrogens is 319 g/mol. The van der Waals surface area contributed by atoms with Gasteiger partial charge in [-0.3, -0.25) is 4.98 Å². The molecule has 1 aromatic heterocycles. The van der Waals surface area contributed by atoms with Gasteiger partial charge in [0.2, 0.25) is 0 Å². The second kappa shape index (κ2) is 7.50. The van der Waals surface area contributed by atoms with Crippen molar-refractivity contribution in [2.75, 3.05) is 6.54 Å². The molecule has 0 radical (unpaired) electrons. The van der Waals surface area contributed by atoms with Gasteiger partial charge >= 0.3 is 0 Å². The van der Waals surface area contributed by atoms with E-state index in [1.807, 2.05) is 12.3 Å². The Morgan fingerprint density at radius 3 is 2.85 bits per heavy atom. The Morgan fingerprint density at radius 1 is 1.30 bits per heavy atom. The van der Waals surface area contributed by atoms with E-state index in [-0.39, 0.29) is 11.9 Å². The number of likely N-dealkylation sites (N-methyl/N-ethyl adjacent to an activating group) is 1. The maximum absolute atomic E-state index is 13.4. The summed E-state index contributed by atoms with van der Waals surface area (Å²) in [5.74, 6) is -0.195. The fraction of sp³-hybridized carbons (Fsp3) is 0.312. The number of halogens is 2. The van der Waals surface area contributed by atoms with Crippen LogP contribution < -0.4 is 5.32 Å². The van der Waals surface area contributed by atoms with E-state index in [2.05, 4.69) is 39.2 Å². The monoisotopic (exact) mass is 336 g/mol. The van der Waals surface area contributed by atoms with Gasteiger partial charge in [0, 0.05) is 22.9 Å². The molecule has 0 saturated heterocycles. The van der Waals surface area contributed by atoms with Crippen molar-refractivity contribution in [2.24, 2.45) is 0 Å². The normalized spacial score (nSPS) is 12.3. The molecule has 1 heterocycles. The predicted molar refractivity (Wildman–Crippen MR) is 83.2 cm³/mol. The van der Waals surface area contributed by atoms with Crippen LogP contribution in [0, 0.1) is 5.82 Å². The molecule has 0 fully saturated rings. The summed E-state index contributed by atoms with van der Waals surface area (Å²) in [6.45, 7) is 2.97. The van der Waals surface area contributed by atoms with Gasteiger partial charge in [0.05, 0.1) is 0 Å². The highest BCUT2D eigenvalue weighted by molar-refractivity contribution is 9.10. The zero-order valence-corrected chi connectivity index (χ0v) is 13.0. The van der Waals surface area contributed by atoms with Gasteiger partial charge in [-0.05, 0) is 54.8 Å². The second-order valence-corrected chi connectivity index (χ2v) is 5.61. The molecule has 0 bridgehead atoms. The SMILES string of the molecule is CCNC(Cc1cccnc1)Cc1cc(F)ccc1Br. The Kier molecular flexibility index (Phi) is 5.68. The van der Waals surface area contributed by atoms with E-state index in [4.69, 9.17) is 0 Å². The third-order valence-electron chi connectivity index (χ3n) is 3.17. The van der Waals surface area contributed by atoms with Gasteiger partial charge in [0.15, 0.2) is 0 Å².